The first kappa shape index (κ1) is 16.1. The smallest absolute Gasteiger partial charge is 0.220 e. The molecule has 1 aromatic carbocycles. The lowest BCUT2D eigenvalue weighted by Crippen LogP contribution is -2.35. The van der Waals surface area contributed by atoms with Crippen LogP contribution in [0.2, 0.25) is 0 Å². The summed E-state index contributed by atoms with van der Waals surface area (Å²) in [5.74, 6) is 0.222. The number of benzene rings is 1. The van der Waals surface area contributed by atoms with Crippen molar-refractivity contribution in [2.45, 2.75) is 77.2 Å². The molecular weight excluding hydrogens is 258 g/mol. The van der Waals surface area contributed by atoms with E-state index >= 15 is 0 Å². The van der Waals surface area contributed by atoms with Crippen molar-refractivity contribution in [1.82, 2.24) is 5.32 Å². The molecule has 1 aromatic rings. The highest BCUT2D eigenvalue weighted by atomic mass is 16.1. The van der Waals surface area contributed by atoms with Gasteiger partial charge in [0, 0.05) is 12.5 Å². The van der Waals surface area contributed by atoms with E-state index in [0.29, 0.717) is 12.5 Å². The molecule has 0 bridgehead atoms. The Hall–Kier alpha value is -1.31. The van der Waals surface area contributed by atoms with Gasteiger partial charge in [-0.05, 0) is 36.8 Å². The minimum absolute atomic E-state index is 0.222. The maximum absolute atomic E-state index is 12.1. The summed E-state index contributed by atoms with van der Waals surface area (Å²) >= 11 is 0. The zero-order valence-electron chi connectivity index (χ0n) is 13.4. The van der Waals surface area contributed by atoms with Crippen molar-refractivity contribution in [2.24, 2.45) is 0 Å². The summed E-state index contributed by atoms with van der Waals surface area (Å²) in [5, 5.41) is 3.24. The average Bonchev–Trinajstić information content (AvgIpc) is 2.48. The fraction of sp³-hybridized carbons (Fsp3) is 0.632. The molecule has 0 unspecified atom stereocenters. The van der Waals surface area contributed by atoms with Crippen molar-refractivity contribution in [1.29, 1.82) is 0 Å². The van der Waals surface area contributed by atoms with Gasteiger partial charge in [0.1, 0.15) is 0 Å². The summed E-state index contributed by atoms with van der Waals surface area (Å²) < 4.78 is 0. The highest BCUT2D eigenvalue weighted by Gasteiger charge is 2.13. The topological polar surface area (TPSA) is 29.1 Å². The second-order valence-electron chi connectivity index (χ2n) is 6.28. The van der Waals surface area contributed by atoms with Crippen LogP contribution in [0.4, 0.5) is 0 Å². The standard InChI is InChI=1S/C19H29NO/c1-2-16-10-12-17(13-11-16)14-15-19(21)20-18-8-6-4-3-5-7-9-18/h10-13,18H,2-9,14-15H2,1H3,(H,20,21). The first-order chi connectivity index (χ1) is 10.3. The SMILES string of the molecule is CCc1ccc(CCC(=O)NC2CCCCCCC2)cc1. The number of aryl methyl sites for hydroxylation is 2. The minimum Gasteiger partial charge on any atom is -0.353 e. The molecule has 116 valence electrons. The first-order valence-corrected chi connectivity index (χ1v) is 8.65. The molecule has 0 saturated heterocycles. The molecule has 1 aliphatic carbocycles. The number of hydrogen-bond donors (Lipinski definition) is 1. The summed E-state index contributed by atoms with van der Waals surface area (Å²) in [7, 11) is 0. The Balaban J connectivity index is 1.72. The Labute approximate surface area is 129 Å². The maximum Gasteiger partial charge on any atom is 0.220 e. The van der Waals surface area contributed by atoms with Crippen LogP contribution in [-0.2, 0) is 17.6 Å². The van der Waals surface area contributed by atoms with E-state index in [2.05, 4.69) is 36.5 Å². The van der Waals surface area contributed by atoms with Gasteiger partial charge < -0.3 is 5.32 Å². The minimum atomic E-state index is 0.222. The molecule has 1 saturated carbocycles. The third kappa shape index (κ3) is 5.91. The van der Waals surface area contributed by atoms with Crippen molar-refractivity contribution >= 4 is 5.91 Å². The molecule has 2 rings (SSSR count). The predicted molar refractivity (Wildman–Crippen MR) is 88.4 cm³/mol. The second-order valence-corrected chi connectivity index (χ2v) is 6.28. The summed E-state index contributed by atoms with van der Waals surface area (Å²) in [6.45, 7) is 2.16. The Bertz CT molecular complexity index is 416. The van der Waals surface area contributed by atoms with Crippen LogP contribution in [0.25, 0.3) is 0 Å². The third-order valence-electron chi connectivity index (χ3n) is 4.54. The molecule has 0 spiro atoms. The van der Waals surface area contributed by atoms with Crippen molar-refractivity contribution in [3.8, 4) is 0 Å². The van der Waals surface area contributed by atoms with E-state index in [1.54, 1.807) is 0 Å². The van der Waals surface area contributed by atoms with Gasteiger partial charge >= 0.3 is 0 Å². The monoisotopic (exact) mass is 287 g/mol. The number of nitrogens with one attached hydrogen (secondary N) is 1. The van der Waals surface area contributed by atoms with Gasteiger partial charge in [0.15, 0.2) is 0 Å². The van der Waals surface area contributed by atoms with Gasteiger partial charge in [0.05, 0.1) is 0 Å². The van der Waals surface area contributed by atoms with Crippen LogP contribution in [-0.4, -0.2) is 11.9 Å². The van der Waals surface area contributed by atoms with E-state index in [9.17, 15) is 4.79 Å². The fourth-order valence-electron chi connectivity index (χ4n) is 3.10. The normalized spacial score (nSPS) is 17.0. The summed E-state index contributed by atoms with van der Waals surface area (Å²) in [4.78, 5) is 12.1. The molecule has 2 heteroatoms. The van der Waals surface area contributed by atoms with Crippen molar-refractivity contribution in [3.63, 3.8) is 0 Å². The molecule has 1 amide bonds. The largest absolute Gasteiger partial charge is 0.353 e. The van der Waals surface area contributed by atoms with Crippen LogP contribution in [0.3, 0.4) is 0 Å². The van der Waals surface area contributed by atoms with Gasteiger partial charge in [-0.25, -0.2) is 0 Å². The van der Waals surface area contributed by atoms with Crippen LogP contribution >= 0.6 is 0 Å². The summed E-state index contributed by atoms with van der Waals surface area (Å²) in [5.41, 5.74) is 2.62. The molecule has 0 radical (unpaired) electrons. The molecular formula is C19H29NO. The van der Waals surface area contributed by atoms with Crippen LogP contribution < -0.4 is 5.32 Å². The highest BCUT2D eigenvalue weighted by molar-refractivity contribution is 5.76. The van der Waals surface area contributed by atoms with Gasteiger partial charge in [0.25, 0.3) is 0 Å². The number of amides is 1. The van der Waals surface area contributed by atoms with Gasteiger partial charge in [-0.15, -0.1) is 0 Å². The molecule has 0 aromatic heterocycles. The van der Waals surface area contributed by atoms with Crippen LogP contribution in [0.5, 0.6) is 0 Å². The van der Waals surface area contributed by atoms with E-state index in [4.69, 9.17) is 0 Å². The number of carbonyl (C=O) groups excluding carboxylic acids is 1. The van der Waals surface area contributed by atoms with Gasteiger partial charge in [-0.2, -0.15) is 0 Å². The molecule has 0 heterocycles. The summed E-state index contributed by atoms with van der Waals surface area (Å²) in [6.07, 6.45) is 11.4. The average molecular weight is 287 g/mol. The first-order valence-electron chi connectivity index (χ1n) is 8.65. The lowest BCUT2D eigenvalue weighted by atomic mass is 9.96. The lowest BCUT2D eigenvalue weighted by Gasteiger charge is -2.21. The van der Waals surface area contributed by atoms with Gasteiger partial charge in [-0.1, -0.05) is 63.3 Å². The highest BCUT2D eigenvalue weighted by Crippen LogP contribution is 2.17. The zero-order chi connectivity index (χ0) is 14.9. The van der Waals surface area contributed by atoms with Crippen LogP contribution in [0.15, 0.2) is 24.3 Å². The molecule has 1 aliphatic rings. The predicted octanol–water partition coefficient (Wildman–Crippen LogP) is 4.41. The number of carbonyl (C=O) groups is 1. The summed E-state index contributed by atoms with van der Waals surface area (Å²) in [6, 6.07) is 9.06. The Morgan fingerprint density at radius 3 is 2.19 bits per heavy atom. The molecule has 0 aliphatic heterocycles. The number of rotatable bonds is 5. The third-order valence-corrected chi connectivity index (χ3v) is 4.54. The lowest BCUT2D eigenvalue weighted by molar-refractivity contribution is -0.121. The Kier molecular flexibility index (Phi) is 6.78. The van der Waals surface area contributed by atoms with E-state index < -0.39 is 0 Å². The van der Waals surface area contributed by atoms with E-state index in [1.807, 2.05) is 0 Å². The molecule has 1 fully saturated rings. The van der Waals surface area contributed by atoms with Crippen molar-refractivity contribution in [3.05, 3.63) is 35.4 Å². The fourth-order valence-corrected chi connectivity index (χ4v) is 3.10. The second kappa shape index (κ2) is 8.86. The van der Waals surface area contributed by atoms with Crippen molar-refractivity contribution in [2.75, 3.05) is 0 Å². The van der Waals surface area contributed by atoms with Gasteiger partial charge in [-0.3, -0.25) is 4.79 Å². The zero-order valence-corrected chi connectivity index (χ0v) is 13.4. The van der Waals surface area contributed by atoms with Crippen LogP contribution in [0.1, 0.15) is 69.4 Å². The quantitative estimate of drug-likeness (QED) is 0.854. The number of hydrogen-bond acceptors (Lipinski definition) is 1. The Morgan fingerprint density at radius 1 is 1.00 bits per heavy atom. The van der Waals surface area contributed by atoms with Crippen molar-refractivity contribution < 1.29 is 4.79 Å². The molecule has 21 heavy (non-hydrogen) atoms. The van der Waals surface area contributed by atoms with Crippen LogP contribution in [0, 0.1) is 0 Å². The Morgan fingerprint density at radius 2 is 1.57 bits per heavy atom. The molecule has 2 nitrogen and oxygen atoms in total. The van der Waals surface area contributed by atoms with Gasteiger partial charge in [0.2, 0.25) is 5.91 Å². The molecule has 0 atom stereocenters. The molecule has 1 N–H and O–H groups in total. The van der Waals surface area contributed by atoms with E-state index in [-0.39, 0.29) is 5.91 Å². The van der Waals surface area contributed by atoms with E-state index in [0.717, 1.165) is 25.7 Å². The maximum atomic E-state index is 12.1. The van der Waals surface area contributed by atoms with E-state index in [1.165, 1.54) is 43.2 Å².